The fourth-order valence-electron chi connectivity index (χ4n) is 2.63. The largest absolute Gasteiger partial charge is 0.458 e. The molecule has 8 heteroatoms. The molecule has 1 aromatic rings. The number of rotatable bonds is 6. The zero-order chi connectivity index (χ0) is 18.8. The molecule has 0 saturated heterocycles. The number of imide groups is 1. The van der Waals surface area contributed by atoms with Crippen LogP contribution >= 0.6 is 0 Å². The minimum absolute atomic E-state index is 0.0264. The van der Waals surface area contributed by atoms with E-state index in [1.807, 2.05) is 0 Å². The monoisotopic (exact) mass is 348 g/mol. The summed E-state index contributed by atoms with van der Waals surface area (Å²) in [6.45, 7) is 4.65. The topological polar surface area (TPSA) is 107 Å². The van der Waals surface area contributed by atoms with Crippen LogP contribution in [0.4, 0.5) is 0 Å². The van der Waals surface area contributed by atoms with Gasteiger partial charge >= 0.3 is 5.97 Å². The van der Waals surface area contributed by atoms with Crippen LogP contribution in [-0.4, -0.2) is 45.8 Å². The summed E-state index contributed by atoms with van der Waals surface area (Å²) in [5.74, 6) is -1.92. The Kier molecular flexibility index (Phi) is 5.20. The zero-order valence-electron chi connectivity index (χ0n) is 14.4. The highest BCUT2D eigenvalue weighted by molar-refractivity contribution is 6.22. The maximum Gasteiger partial charge on any atom is 0.329 e. The molecule has 8 nitrogen and oxygen atoms in total. The molecule has 2 rings (SSSR count). The number of ether oxygens (including phenoxy) is 1. The molecule has 0 bridgehead atoms. The van der Waals surface area contributed by atoms with E-state index in [1.165, 1.54) is 12.1 Å². The highest BCUT2D eigenvalue weighted by Gasteiger charge is 2.43. The predicted molar refractivity (Wildman–Crippen MR) is 87.7 cm³/mol. The maximum atomic E-state index is 12.6. The number of nitro groups is 1. The second kappa shape index (κ2) is 7.00. The van der Waals surface area contributed by atoms with Crippen LogP contribution in [-0.2, 0) is 9.53 Å². The Labute approximate surface area is 144 Å². The summed E-state index contributed by atoms with van der Waals surface area (Å²) >= 11 is 0. The van der Waals surface area contributed by atoms with E-state index in [1.54, 1.807) is 32.9 Å². The highest BCUT2D eigenvalue weighted by atomic mass is 16.6. The lowest BCUT2D eigenvalue weighted by atomic mass is 10.1. The molecule has 1 aromatic carbocycles. The van der Waals surface area contributed by atoms with Crippen molar-refractivity contribution in [3.63, 3.8) is 0 Å². The molecule has 1 unspecified atom stereocenters. The first-order valence-electron chi connectivity index (χ1n) is 7.93. The van der Waals surface area contributed by atoms with Gasteiger partial charge in [-0.2, -0.15) is 0 Å². The van der Waals surface area contributed by atoms with Crippen molar-refractivity contribution in [2.24, 2.45) is 0 Å². The summed E-state index contributed by atoms with van der Waals surface area (Å²) in [5.41, 5.74) is -0.373. The third kappa shape index (κ3) is 4.20. The summed E-state index contributed by atoms with van der Waals surface area (Å²) in [4.78, 5) is 48.6. The lowest BCUT2D eigenvalue weighted by Gasteiger charge is -2.28. The first-order valence-corrected chi connectivity index (χ1v) is 7.93. The van der Waals surface area contributed by atoms with Crippen molar-refractivity contribution < 1.29 is 24.0 Å². The van der Waals surface area contributed by atoms with Crippen LogP contribution in [0, 0.1) is 10.1 Å². The van der Waals surface area contributed by atoms with Crippen molar-refractivity contribution in [1.29, 1.82) is 0 Å². The van der Waals surface area contributed by atoms with Gasteiger partial charge in [0.25, 0.3) is 11.8 Å². The minimum Gasteiger partial charge on any atom is -0.458 e. The van der Waals surface area contributed by atoms with E-state index in [9.17, 15) is 24.5 Å². The Morgan fingerprint density at radius 1 is 1.20 bits per heavy atom. The quantitative estimate of drug-likeness (QED) is 0.337. The van der Waals surface area contributed by atoms with Crippen molar-refractivity contribution in [3.8, 4) is 0 Å². The Morgan fingerprint density at radius 3 is 2.16 bits per heavy atom. The molecule has 0 fully saturated rings. The number of nitrogens with zero attached hydrogens (tertiary/aromatic N) is 2. The van der Waals surface area contributed by atoms with E-state index in [-0.39, 0.29) is 30.5 Å². The minimum atomic E-state index is -1.19. The zero-order valence-corrected chi connectivity index (χ0v) is 14.4. The first-order chi connectivity index (χ1) is 11.6. The lowest BCUT2D eigenvalue weighted by molar-refractivity contribution is -0.480. The summed E-state index contributed by atoms with van der Waals surface area (Å²) in [6.07, 6.45) is 0.0195. The van der Waals surface area contributed by atoms with Gasteiger partial charge in [-0.25, -0.2) is 4.79 Å². The van der Waals surface area contributed by atoms with Gasteiger partial charge in [-0.3, -0.25) is 24.6 Å². The predicted octanol–water partition coefficient (Wildman–Crippen LogP) is 2.05. The van der Waals surface area contributed by atoms with Crippen molar-refractivity contribution in [3.05, 3.63) is 45.5 Å². The Morgan fingerprint density at radius 2 is 1.72 bits per heavy atom. The molecule has 0 aliphatic carbocycles. The maximum absolute atomic E-state index is 12.6. The van der Waals surface area contributed by atoms with Crippen LogP contribution in [0.1, 0.15) is 54.3 Å². The average molecular weight is 348 g/mol. The summed E-state index contributed by atoms with van der Waals surface area (Å²) in [6, 6.07) is 5.09. The molecule has 1 aliphatic heterocycles. The van der Waals surface area contributed by atoms with Gasteiger partial charge in [0, 0.05) is 11.3 Å². The Balaban J connectivity index is 2.29. The average Bonchev–Trinajstić information content (AvgIpc) is 2.74. The van der Waals surface area contributed by atoms with Gasteiger partial charge in [0.2, 0.25) is 6.54 Å². The molecule has 2 amide bonds. The molecule has 0 N–H and O–H groups in total. The molecule has 0 radical (unpaired) electrons. The van der Waals surface area contributed by atoms with Gasteiger partial charge in [-0.05, 0) is 39.3 Å². The molecule has 1 aliphatic rings. The number of amides is 2. The van der Waals surface area contributed by atoms with Crippen molar-refractivity contribution in [2.45, 2.75) is 45.3 Å². The first kappa shape index (κ1) is 18.6. The smallest absolute Gasteiger partial charge is 0.329 e. The number of benzene rings is 1. The molecule has 0 saturated carbocycles. The van der Waals surface area contributed by atoms with E-state index in [0.717, 1.165) is 4.90 Å². The van der Waals surface area contributed by atoms with Crippen LogP contribution in [0.5, 0.6) is 0 Å². The number of esters is 1. The fourth-order valence-corrected chi connectivity index (χ4v) is 2.63. The van der Waals surface area contributed by atoms with Crippen LogP contribution in [0.3, 0.4) is 0 Å². The molecule has 1 atom stereocenters. The molecule has 1 heterocycles. The van der Waals surface area contributed by atoms with Crippen molar-refractivity contribution in [1.82, 2.24) is 4.90 Å². The normalized spacial score (nSPS) is 15.1. The number of hydrogen-bond donors (Lipinski definition) is 0. The summed E-state index contributed by atoms with van der Waals surface area (Å²) in [5, 5.41) is 10.5. The van der Waals surface area contributed by atoms with Gasteiger partial charge in [0.1, 0.15) is 11.6 Å². The molecular formula is C17H20N2O6. The Hall–Kier alpha value is -2.77. The highest BCUT2D eigenvalue weighted by Crippen LogP contribution is 2.27. The van der Waals surface area contributed by atoms with E-state index in [4.69, 9.17) is 4.74 Å². The number of fused-ring (bicyclic) bond motifs is 1. The Bertz CT molecular complexity index is 687. The third-order valence-electron chi connectivity index (χ3n) is 3.63. The third-order valence-corrected chi connectivity index (χ3v) is 3.63. The summed E-state index contributed by atoms with van der Waals surface area (Å²) in [7, 11) is 0. The van der Waals surface area contributed by atoms with E-state index >= 15 is 0 Å². The van der Waals surface area contributed by atoms with E-state index in [0.29, 0.717) is 0 Å². The van der Waals surface area contributed by atoms with Crippen LogP contribution < -0.4 is 0 Å². The van der Waals surface area contributed by atoms with Crippen LogP contribution in [0.15, 0.2) is 24.3 Å². The van der Waals surface area contributed by atoms with E-state index in [2.05, 4.69) is 0 Å². The van der Waals surface area contributed by atoms with Gasteiger partial charge in [0.05, 0.1) is 11.1 Å². The second-order valence-electron chi connectivity index (χ2n) is 6.77. The summed E-state index contributed by atoms with van der Waals surface area (Å²) < 4.78 is 5.31. The van der Waals surface area contributed by atoms with Gasteiger partial charge in [-0.1, -0.05) is 12.1 Å². The molecule has 134 valence electrons. The van der Waals surface area contributed by atoms with Gasteiger partial charge in [0.15, 0.2) is 0 Å². The standard InChI is InChI=1S/C17H20N2O6/c1-17(2,3)25-16(22)13(9-6-10-18(23)24)19-14(20)11-7-4-5-8-12(11)15(19)21/h4-5,7-8,13H,6,9-10H2,1-3H3. The number of hydrogen-bond acceptors (Lipinski definition) is 6. The second-order valence-corrected chi connectivity index (χ2v) is 6.77. The van der Waals surface area contributed by atoms with E-state index < -0.39 is 34.3 Å². The molecule has 0 spiro atoms. The number of carbonyl (C=O) groups excluding carboxylic acids is 3. The van der Waals surface area contributed by atoms with Crippen LogP contribution in [0.25, 0.3) is 0 Å². The molecular weight excluding hydrogens is 328 g/mol. The van der Waals surface area contributed by atoms with Crippen LogP contribution in [0.2, 0.25) is 0 Å². The fraction of sp³-hybridized carbons (Fsp3) is 0.471. The SMILES string of the molecule is CC(C)(C)OC(=O)C(CCC[N+](=O)[O-])N1C(=O)c2ccccc2C1=O. The lowest BCUT2D eigenvalue weighted by Crippen LogP contribution is -2.47. The van der Waals surface area contributed by atoms with Crippen molar-refractivity contribution >= 4 is 17.8 Å². The van der Waals surface area contributed by atoms with Gasteiger partial charge in [-0.15, -0.1) is 0 Å². The molecule has 25 heavy (non-hydrogen) atoms. The molecule has 0 aromatic heterocycles. The van der Waals surface area contributed by atoms with Crippen molar-refractivity contribution in [2.75, 3.05) is 6.54 Å². The van der Waals surface area contributed by atoms with Gasteiger partial charge < -0.3 is 4.74 Å². The number of carbonyl (C=O) groups is 3.